The average Bonchev–Trinajstić information content (AvgIpc) is 3.26. The third kappa shape index (κ3) is 5.84. The van der Waals surface area contributed by atoms with Crippen molar-refractivity contribution in [2.24, 2.45) is 0 Å². The first-order chi connectivity index (χ1) is 17.4. The fourth-order valence-electron chi connectivity index (χ4n) is 3.99. The molecular weight excluding hydrogens is 504 g/mol. The maximum absolute atomic E-state index is 13.4. The molecular formula is C26H24Cl2FN5O2. The van der Waals surface area contributed by atoms with Gasteiger partial charge in [0.1, 0.15) is 5.82 Å². The van der Waals surface area contributed by atoms with Gasteiger partial charge in [-0.3, -0.25) is 4.79 Å². The third-order valence-corrected chi connectivity index (χ3v) is 6.27. The number of aryl methyl sites for hydroxylation is 1. The van der Waals surface area contributed by atoms with Gasteiger partial charge < -0.3 is 20.3 Å². The summed E-state index contributed by atoms with van der Waals surface area (Å²) >= 11 is 12.4. The van der Waals surface area contributed by atoms with E-state index >= 15 is 0 Å². The summed E-state index contributed by atoms with van der Waals surface area (Å²) in [7, 11) is 0. The van der Waals surface area contributed by atoms with Gasteiger partial charge in [0, 0.05) is 47.7 Å². The highest BCUT2D eigenvalue weighted by atomic mass is 35.5. The van der Waals surface area contributed by atoms with Crippen LogP contribution in [0.4, 0.5) is 16.0 Å². The minimum atomic E-state index is -0.438. The van der Waals surface area contributed by atoms with Gasteiger partial charge in [0.15, 0.2) is 0 Å². The summed E-state index contributed by atoms with van der Waals surface area (Å²) in [6, 6.07) is 13.4. The smallest absolute Gasteiger partial charge is 0.227 e. The lowest BCUT2D eigenvalue weighted by Crippen LogP contribution is -2.20. The lowest BCUT2D eigenvalue weighted by atomic mass is 9.96. The van der Waals surface area contributed by atoms with Crippen molar-refractivity contribution in [3.05, 3.63) is 93.6 Å². The highest BCUT2D eigenvalue weighted by Gasteiger charge is 2.21. The topological polar surface area (TPSA) is 92.1 Å². The van der Waals surface area contributed by atoms with Crippen LogP contribution in [0.2, 0.25) is 10.0 Å². The zero-order valence-corrected chi connectivity index (χ0v) is 20.9. The monoisotopic (exact) mass is 527 g/mol. The number of nitrogens with one attached hydrogen (secondary N) is 2. The molecule has 0 spiro atoms. The van der Waals surface area contributed by atoms with Crippen molar-refractivity contribution in [1.82, 2.24) is 19.9 Å². The van der Waals surface area contributed by atoms with E-state index < -0.39 is 5.82 Å². The van der Waals surface area contributed by atoms with Crippen LogP contribution in [0.25, 0.3) is 11.3 Å². The first kappa shape index (κ1) is 25.6. The molecule has 1 unspecified atom stereocenters. The average molecular weight is 528 g/mol. The number of carbonyl (C=O) groups excluding carboxylic acids is 1. The zero-order valence-electron chi connectivity index (χ0n) is 19.4. The normalized spacial score (nSPS) is 11.8. The van der Waals surface area contributed by atoms with Crippen LogP contribution in [-0.4, -0.2) is 39.2 Å². The number of hydrogen-bond acceptors (Lipinski definition) is 5. The van der Waals surface area contributed by atoms with E-state index in [1.807, 2.05) is 42.0 Å². The van der Waals surface area contributed by atoms with E-state index in [0.29, 0.717) is 41.9 Å². The van der Waals surface area contributed by atoms with E-state index in [1.54, 1.807) is 12.3 Å². The van der Waals surface area contributed by atoms with Gasteiger partial charge in [-0.2, -0.15) is 0 Å². The van der Waals surface area contributed by atoms with Gasteiger partial charge in [-0.1, -0.05) is 35.3 Å². The van der Waals surface area contributed by atoms with Gasteiger partial charge in [0.25, 0.3) is 0 Å². The number of rotatable bonds is 10. The van der Waals surface area contributed by atoms with Gasteiger partial charge in [0.05, 0.1) is 23.0 Å². The fraction of sp³-hybridized carbons (Fsp3) is 0.192. The van der Waals surface area contributed by atoms with Crippen molar-refractivity contribution in [2.75, 3.05) is 18.5 Å². The van der Waals surface area contributed by atoms with Crippen LogP contribution >= 0.6 is 23.2 Å². The molecule has 2 aromatic carbocycles. The van der Waals surface area contributed by atoms with Crippen LogP contribution in [0, 0.1) is 12.7 Å². The molecule has 1 atom stereocenters. The van der Waals surface area contributed by atoms with Crippen LogP contribution in [0.5, 0.6) is 0 Å². The summed E-state index contributed by atoms with van der Waals surface area (Å²) in [6.45, 7) is 2.67. The summed E-state index contributed by atoms with van der Waals surface area (Å²) in [5.41, 5.74) is 4.52. The van der Waals surface area contributed by atoms with Crippen molar-refractivity contribution in [2.45, 2.75) is 19.4 Å². The number of aliphatic hydroxyl groups is 1. The van der Waals surface area contributed by atoms with Crippen molar-refractivity contribution < 1.29 is 14.3 Å². The standard InChI is InChI=1S/C26H24Cl2FN5O2/c1-16-12-31-26(32-23-6-5-20(29)11-22(23)28)33-25(16)18-10-24(34(13-18)8-7-30-15-36)21(14-35)17-3-2-4-19(27)9-17/h2-6,9-13,15,21,35H,7-8,14H2,1H3,(H,30,36)(H,31,32,33). The lowest BCUT2D eigenvalue weighted by Gasteiger charge is -2.18. The minimum absolute atomic E-state index is 0.135. The van der Waals surface area contributed by atoms with E-state index in [9.17, 15) is 14.3 Å². The molecule has 4 rings (SSSR count). The molecule has 0 aliphatic carbocycles. The van der Waals surface area contributed by atoms with Crippen LogP contribution in [0.15, 0.2) is 60.9 Å². The van der Waals surface area contributed by atoms with Crippen molar-refractivity contribution in [3.8, 4) is 11.3 Å². The van der Waals surface area contributed by atoms with Crippen molar-refractivity contribution in [1.29, 1.82) is 0 Å². The van der Waals surface area contributed by atoms with E-state index in [4.69, 9.17) is 23.2 Å². The molecule has 36 heavy (non-hydrogen) atoms. The second kappa shape index (κ2) is 11.5. The van der Waals surface area contributed by atoms with Gasteiger partial charge in [0.2, 0.25) is 12.4 Å². The number of amides is 1. The molecule has 186 valence electrons. The number of benzene rings is 2. The Balaban J connectivity index is 1.73. The SMILES string of the molecule is Cc1cnc(Nc2ccc(F)cc2Cl)nc1-c1cc(C(CO)c2cccc(Cl)c2)n(CCNC=O)c1. The molecule has 0 saturated carbocycles. The molecule has 0 fully saturated rings. The van der Waals surface area contributed by atoms with Crippen LogP contribution < -0.4 is 10.6 Å². The second-order valence-electron chi connectivity index (χ2n) is 8.18. The Labute approximate surface area is 217 Å². The molecule has 2 heterocycles. The van der Waals surface area contributed by atoms with E-state index in [-0.39, 0.29) is 17.5 Å². The Morgan fingerprint density at radius 3 is 2.75 bits per heavy atom. The molecule has 3 N–H and O–H groups in total. The Kier molecular flexibility index (Phi) is 8.20. The number of aromatic nitrogens is 3. The van der Waals surface area contributed by atoms with Crippen LogP contribution in [-0.2, 0) is 11.3 Å². The predicted octanol–water partition coefficient (Wildman–Crippen LogP) is 5.31. The Hall–Kier alpha value is -3.46. The number of hydrogen-bond donors (Lipinski definition) is 3. The van der Waals surface area contributed by atoms with E-state index in [2.05, 4.69) is 20.6 Å². The molecule has 0 radical (unpaired) electrons. The van der Waals surface area contributed by atoms with Crippen LogP contribution in [0.3, 0.4) is 0 Å². The molecule has 1 amide bonds. The number of anilines is 2. The molecule has 10 heteroatoms. The van der Waals surface area contributed by atoms with Gasteiger partial charge in [-0.15, -0.1) is 0 Å². The highest BCUT2D eigenvalue weighted by Crippen LogP contribution is 2.33. The minimum Gasteiger partial charge on any atom is -0.395 e. The van der Waals surface area contributed by atoms with E-state index in [0.717, 1.165) is 22.4 Å². The second-order valence-corrected chi connectivity index (χ2v) is 9.03. The maximum Gasteiger partial charge on any atom is 0.227 e. The highest BCUT2D eigenvalue weighted by molar-refractivity contribution is 6.33. The Bertz CT molecular complexity index is 1380. The summed E-state index contributed by atoms with van der Waals surface area (Å²) in [5, 5.41) is 16.8. The maximum atomic E-state index is 13.4. The van der Waals surface area contributed by atoms with Gasteiger partial charge in [-0.25, -0.2) is 14.4 Å². The summed E-state index contributed by atoms with van der Waals surface area (Å²) in [6.07, 6.45) is 4.27. The first-order valence-electron chi connectivity index (χ1n) is 11.2. The molecule has 7 nitrogen and oxygen atoms in total. The van der Waals surface area contributed by atoms with Crippen molar-refractivity contribution >= 4 is 41.2 Å². The Morgan fingerprint density at radius 2 is 2.03 bits per heavy atom. The lowest BCUT2D eigenvalue weighted by molar-refractivity contribution is -0.109. The van der Waals surface area contributed by atoms with Gasteiger partial charge >= 0.3 is 0 Å². The fourth-order valence-corrected chi connectivity index (χ4v) is 4.40. The predicted molar refractivity (Wildman–Crippen MR) is 139 cm³/mol. The number of carbonyl (C=O) groups is 1. The number of nitrogens with zero attached hydrogens (tertiary/aromatic N) is 3. The summed E-state index contributed by atoms with van der Waals surface area (Å²) < 4.78 is 15.4. The van der Waals surface area contributed by atoms with Crippen LogP contribution in [0.1, 0.15) is 22.7 Å². The van der Waals surface area contributed by atoms with Gasteiger partial charge in [-0.05, 0) is 54.4 Å². The molecule has 0 aliphatic rings. The molecule has 4 aromatic rings. The van der Waals surface area contributed by atoms with Crippen molar-refractivity contribution in [3.63, 3.8) is 0 Å². The largest absolute Gasteiger partial charge is 0.395 e. The third-order valence-electron chi connectivity index (χ3n) is 5.72. The molecule has 0 bridgehead atoms. The Morgan fingerprint density at radius 1 is 1.19 bits per heavy atom. The quantitative estimate of drug-likeness (QED) is 0.192. The summed E-state index contributed by atoms with van der Waals surface area (Å²) in [5.74, 6) is -0.479. The zero-order chi connectivity index (χ0) is 25.7. The number of halogens is 3. The van der Waals surface area contributed by atoms with E-state index in [1.165, 1.54) is 18.2 Å². The first-order valence-corrected chi connectivity index (χ1v) is 11.9. The molecule has 0 saturated heterocycles. The molecule has 2 aromatic heterocycles. The number of aliphatic hydroxyl groups excluding tert-OH is 1. The molecule has 0 aliphatic heterocycles. The summed E-state index contributed by atoms with van der Waals surface area (Å²) in [4.78, 5) is 19.8.